The molecule has 36 heavy (non-hydrogen) atoms. The molecule has 11 nitrogen and oxygen atoms in total. The molecule has 4 heterocycles. The van der Waals surface area contributed by atoms with E-state index in [-0.39, 0.29) is 43.3 Å². The predicted octanol–water partition coefficient (Wildman–Crippen LogP) is 2.61. The second-order valence-corrected chi connectivity index (χ2v) is 11.5. The summed E-state index contributed by atoms with van der Waals surface area (Å²) in [6.45, 7) is 2.85. The van der Waals surface area contributed by atoms with Gasteiger partial charge in [-0.3, -0.25) is 5.43 Å². The lowest BCUT2D eigenvalue weighted by atomic mass is 10.1. The van der Waals surface area contributed by atoms with E-state index in [0.717, 1.165) is 5.70 Å². The molecule has 5 rings (SSSR count). The number of nitrogens with zero attached hydrogens (tertiary/aromatic N) is 5. The second kappa shape index (κ2) is 9.38. The van der Waals surface area contributed by atoms with Gasteiger partial charge in [0.25, 0.3) is 10.0 Å². The Morgan fingerprint density at radius 3 is 2.86 bits per heavy atom. The van der Waals surface area contributed by atoms with Crippen LogP contribution in [0.5, 0.6) is 0 Å². The van der Waals surface area contributed by atoms with E-state index >= 15 is 0 Å². The number of hydrazine groups is 1. The number of amides is 2. The minimum atomic E-state index is -3.84. The number of nitrogens with one attached hydrogen (secondary N) is 2. The van der Waals surface area contributed by atoms with E-state index in [1.807, 2.05) is 18.9 Å². The van der Waals surface area contributed by atoms with Gasteiger partial charge in [0.1, 0.15) is 5.03 Å². The van der Waals surface area contributed by atoms with Gasteiger partial charge in [0, 0.05) is 68.0 Å². The highest BCUT2D eigenvalue weighted by atomic mass is 35.5. The maximum Gasteiger partial charge on any atom is 0.339 e. The van der Waals surface area contributed by atoms with E-state index in [0.29, 0.717) is 41.2 Å². The first-order valence-corrected chi connectivity index (χ1v) is 13.6. The number of aromatic nitrogens is 1. The molecule has 0 aliphatic carbocycles. The van der Waals surface area contributed by atoms with Gasteiger partial charge in [0.05, 0.1) is 11.8 Å². The van der Waals surface area contributed by atoms with Gasteiger partial charge >= 0.3 is 6.03 Å². The number of rotatable bonds is 4. The summed E-state index contributed by atoms with van der Waals surface area (Å²) in [4.78, 5) is 20.1. The first kappa shape index (κ1) is 24.5. The van der Waals surface area contributed by atoms with E-state index in [1.54, 1.807) is 29.2 Å². The zero-order valence-corrected chi connectivity index (χ0v) is 21.6. The van der Waals surface area contributed by atoms with E-state index in [4.69, 9.17) is 16.3 Å². The average molecular weight is 534 g/mol. The quantitative estimate of drug-likeness (QED) is 0.618. The van der Waals surface area contributed by atoms with Crippen LogP contribution in [0.25, 0.3) is 10.9 Å². The lowest BCUT2D eigenvalue weighted by molar-refractivity contribution is 0.0420. The van der Waals surface area contributed by atoms with Crippen molar-refractivity contribution >= 4 is 38.6 Å². The summed E-state index contributed by atoms with van der Waals surface area (Å²) < 4.78 is 34.1. The summed E-state index contributed by atoms with van der Waals surface area (Å²) in [5.74, 6) is 0.568. The highest BCUT2D eigenvalue weighted by Crippen LogP contribution is 2.30. The largest absolute Gasteiger partial charge is 0.453 e. The monoisotopic (exact) mass is 533 g/mol. The van der Waals surface area contributed by atoms with Gasteiger partial charge in [-0.05, 0) is 37.6 Å². The van der Waals surface area contributed by atoms with E-state index < -0.39 is 16.1 Å². The Kier molecular flexibility index (Phi) is 6.40. The van der Waals surface area contributed by atoms with Crippen LogP contribution < -0.4 is 5.43 Å². The van der Waals surface area contributed by atoms with Gasteiger partial charge in [-0.25, -0.2) is 18.2 Å². The molecule has 192 valence electrons. The summed E-state index contributed by atoms with van der Waals surface area (Å²) in [5, 5.41) is 12.0. The minimum absolute atomic E-state index is 0.0763. The number of ether oxygens (including phenoxy) is 1. The number of urea groups is 1. The van der Waals surface area contributed by atoms with Crippen LogP contribution in [0.15, 0.2) is 40.9 Å². The molecule has 1 aromatic carbocycles. The molecule has 1 saturated heterocycles. The minimum Gasteiger partial charge on any atom is -0.453 e. The highest BCUT2D eigenvalue weighted by Gasteiger charge is 2.40. The van der Waals surface area contributed by atoms with Crippen molar-refractivity contribution in [3.05, 3.63) is 40.9 Å². The molecule has 0 bridgehead atoms. The van der Waals surface area contributed by atoms with Crippen molar-refractivity contribution < 1.29 is 17.9 Å². The highest BCUT2D eigenvalue weighted by molar-refractivity contribution is 7.89. The third-order valence-electron chi connectivity index (χ3n) is 7.02. The van der Waals surface area contributed by atoms with Crippen LogP contribution in [0, 0.1) is 11.3 Å². The van der Waals surface area contributed by atoms with E-state index in [2.05, 4.69) is 16.5 Å². The Labute approximate surface area is 214 Å². The summed E-state index contributed by atoms with van der Waals surface area (Å²) in [6, 6.07) is 8.13. The van der Waals surface area contributed by atoms with Crippen LogP contribution >= 0.6 is 11.6 Å². The molecule has 2 unspecified atom stereocenters. The fourth-order valence-electron chi connectivity index (χ4n) is 4.90. The maximum atomic E-state index is 13.5. The third-order valence-corrected chi connectivity index (χ3v) is 9.04. The van der Waals surface area contributed by atoms with Crippen LogP contribution in [0.3, 0.4) is 0 Å². The lowest BCUT2D eigenvalue weighted by Gasteiger charge is -2.43. The van der Waals surface area contributed by atoms with Gasteiger partial charge in [-0.15, -0.1) is 0 Å². The van der Waals surface area contributed by atoms with Gasteiger partial charge < -0.3 is 19.5 Å². The predicted molar refractivity (Wildman–Crippen MR) is 133 cm³/mol. The summed E-state index contributed by atoms with van der Waals surface area (Å²) in [7, 11) is -1.89. The summed E-state index contributed by atoms with van der Waals surface area (Å²) in [5.41, 5.74) is 4.77. The number of carbonyl (C=O) groups excluding carboxylic acids is 1. The Morgan fingerprint density at radius 2 is 2.08 bits per heavy atom. The molecule has 1 fully saturated rings. The van der Waals surface area contributed by atoms with E-state index in [1.165, 1.54) is 9.31 Å². The molecule has 2 N–H and O–H groups in total. The van der Waals surface area contributed by atoms with Crippen molar-refractivity contribution in [3.8, 4) is 6.07 Å². The number of piperazine rings is 1. The molecule has 0 spiro atoms. The number of halogens is 1. The number of aromatic amines is 1. The Morgan fingerprint density at radius 1 is 1.28 bits per heavy atom. The fraction of sp³-hybridized carbons (Fsp3) is 0.478. The number of carbonyl (C=O) groups is 1. The number of hydrogen-bond donors (Lipinski definition) is 2. The van der Waals surface area contributed by atoms with Crippen LogP contribution in [-0.4, -0.2) is 84.0 Å². The number of nitriles is 1. The first-order valence-electron chi connectivity index (χ1n) is 11.8. The first-order chi connectivity index (χ1) is 17.2. The number of H-pyrrole nitrogens is 1. The van der Waals surface area contributed by atoms with Crippen molar-refractivity contribution in [3.63, 3.8) is 0 Å². The molecule has 2 amide bonds. The molecule has 0 saturated carbocycles. The zero-order valence-electron chi connectivity index (χ0n) is 20.1. The molecular formula is C23H28ClN7O4S. The molecule has 13 heteroatoms. The SMILES string of the molecule is CC1OC2=C(CCN(C(=O)N3CCN(S(=O)(=O)c4cc5cc(Cl)ccc5[nH]4)CC3CCC#N)N2)N1C. The van der Waals surface area contributed by atoms with Crippen LogP contribution in [-0.2, 0) is 14.8 Å². The molecule has 0 radical (unpaired) electrons. The van der Waals surface area contributed by atoms with Crippen LogP contribution in [0.2, 0.25) is 5.02 Å². The fourth-order valence-corrected chi connectivity index (χ4v) is 6.57. The van der Waals surface area contributed by atoms with E-state index in [9.17, 15) is 18.5 Å². The van der Waals surface area contributed by atoms with Crippen molar-refractivity contribution in [1.82, 2.24) is 29.5 Å². The topological polar surface area (TPSA) is 125 Å². The molecule has 2 atom stereocenters. The Balaban J connectivity index is 1.33. The molecule has 3 aliphatic heterocycles. The lowest BCUT2D eigenvalue weighted by Crippen LogP contribution is -2.61. The van der Waals surface area contributed by atoms with Gasteiger partial charge in [-0.2, -0.15) is 9.57 Å². The average Bonchev–Trinajstić information content (AvgIpc) is 3.42. The number of sulfonamides is 1. The summed E-state index contributed by atoms with van der Waals surface area (Å²) in [6.07, 6.45) is 1.11. The van der Waals surface area contributed by atoms with Crippen molar-refractivity contribution in [1.29, 1.82) is 5.26 Å². The van der Waals surface area contributed by atoms with Crippen molar-refractivity contribution in [2.45, 2.75) is 43.5 Å². The van der Waals surface area contributed by atoms with Crippen LogP contribution in [0.1, 0.15) is 26.2 Å². The zero-order chi connectivity index (χ0) is 25.6. The standard InChI is InChI=1S/C23H28ClN7O4S/c1-15-28(2)20-7-9-31(27-22(20)35-15)23(32)30-11-10-29(14-18(30)4-3-8-25)36(33,34)21-13-16-12-17(24)5-6-19(16)26-21/h5-6,12-13,15,18,26-27H,3-4,7,9-11,14H2,1-2H3. The number of benzene rings is 1. The number of fused-ring (bicyclic) bond motifs is 1. The molecular weight excluding hydrogens is 506 g/mol. The second-order valence-electron chi connectivity index (χ2n) is 9.17. The Hall–Kier alpha value is -3.14. The normalized spacial score (nSPS) is 22.9. The van der Waals surface area contributed by atoms with Gasteiger partial charge in [-0.1, -0.05) is 11.6 Å². The molecule has 1 aromatic heterocycles. The molecule has 2 aromatic rings. The molecule has 3 aliphatic rings. The summed E-state index contributed by atoms with van der Waals surface area (Å²) >= 11 is 6.05. The van der Waals surface area contributed by atoms with Crippen molar-refractivity contribution in [2.24, 2.45) is 0 Å². The maximum absolute atomic E-state index is 13.5. The van der Waals surface area contributed by atoms with Crippen molar-refractivity contribution in [2.75, 3.05) is 33.2 Å². The van der Waals surface area contributed by atoms with Crippen LogP contribution in [0.4, 0.5) is 4.79 Å². The third kappa shape index (κ3) is 4.31. The smallest absolute Gasteiger partial charge is 0.339 e. The van der Waals surface area contributed by atoms with Gasteiger partial charge in [0.2, 0.25) is 5.88 Å². The van der Waals surface area contributed by atoms with Gasteiger partial charge in [0.15, 0.2) is 6.23 Å². The Bertz CT molecular complexity index is 1370. The number of hydrogen-bond acceptors (Lipinski definition) is 7.